The second-order valence-electron chi connectivity index (χ2n) is 5.20. The number of amides is 1. The molecule has 0 unspecified atom stereocenters. The predicted octanol–water partition coefficient (Wildman–Crippen LogP) is 3.63. The summed E-state index contributed by atoms with van der Waals surface area (Å²) in [5.41, 5.74) is 3.21. The van der Waals surface area contributed by atoms with E-state index in [-0.39, 0.29) is 5.91 Å². The van der Waals surface area contributed by atoms with Gasteiger partial charge in [0.25, 0.3) is 0 Å². The van der Waals surface area contributed by atoms with Crippen LogP contribution < -0.4 is 0 Å². The van der Waals surface area contributed by atoms with E-state index in [1.807, 2.05) is 6.07 Å². The highest BCUT2D eigenvalue weighted by Crippen LogP contribution is 2.11. The van der Waals surface area contributed by atoms with Crippen LogP contribution in [0.4, 0.5) is 0 Å². The number of pyridine rings is 1. The van der Waals surface area contributed by atoms with Crippen molar-refractivity contribution in [3.8, 4) is 0 Å². The normalized spacial score (nSPS) is 10.4. The number of benzene rings is 1. The molecule has 2 aromatic rings. The number of rotatable bonds is 5. The average Bonchev–Trinajstić information content (AvgIpc) is 2.45. The average molecular weight is 303 g/mol. The van der Waals surface area contributed by atoms with E-state index in [0.29, 0.717) is 18.0 Å². The van der Waals surface area contributed by atoms with E-state index in [1.54, 1.807) is 30.3 Å². The van der Waals surface area contributed by atoms with Gasteiger partial charge in [0.15, 0.2) is 0 Å². The van der Waals surface area contributed by atoms with E-state index in [2.05, 4.69) is 30.1 Å². The van der Waals surface area contributed by atoms with Crippen molar-refractivity contribution in [2.24, 2.45) is 0 Å². The Balaban J connectivity index is 1.88. The zero-order valence-corrected chi connectivity index (χ0v) is 13.1. The molecular formula is C17H19ClN2O. The second-order valence-corrected chi connectivity index (χ2v) is 5.64. The molecule has 1 aromatic heterocycles. The minimum absolute atomic E-state index is 0.110. The zero-order chi connectivity index (χ0) is 15.2. The first-order chi connectivity index (χ1) is 10.0. The molecule has 0 saturated heterocycles. The minimum atomic E-state index is 0.110. The summed E-state index contributed by atoms with van der Waals surface area (Å²) in [5, 5.41) is 0.639. The molecule has 0 fully saturated rings. The SMILES string of the molecule is Cc1cccc(CCC(=O)N(C)Cc2cc(Cl)ccn2)c1. The Bertz CT molecular complexity index is 628. The number of halogens is 1. The van der Waals surface area contributed by atoms with Gasteiger partial charge in [-0.2, -0.15) is 0 Å². The molecule has 3 nitrogen and oxygen atoms in total. The molecule has 0 radical (unpaired) electrons. The molecule has 0 aliphatic rings. The van der Waals surface area contributed by atoms with Crippen LogP contribution >= 0.6 is 11.6 Å². The Hall–Kier alpha value is -1.87. The topological polar surface area (TPSA) is 33.2 Å². The van der Waals surface area contributed by atoms with Crippen LogP contribution in [0.3, 0.4) is 0 Å². The van der Waals surface area contributed by atoms with Gasteiger partial charge in [-0.3, -0.25) is 9.78 Å². The molecule has 0 spiro atoms. The lowest BCUT2D eigenvalue weighted by Gasteiger charge is -2.17. The van der Waals surface area contributed by atoms with E-state index in [4.69, 9.17) is 11.6 Å². The Kier molecular flexibility index (Phi) is 5.34. The summed E-state index contributed by atoms with van der Waals surface area (Å²) in [6.45, 7) is 2.54. The third-order valence-corrected chi connectivity index (χ3v) is 3.55. The Labute approximate surface area is 130 Å². The van der Waals surface area contributed by atoms with Crippen molar-refractivity contribution in [3.63, 3.8) is 0 Å². The van der Waals surface area contributed by atoms with Gasteiger partial charge in [0.2, 0.25) is 5.91 Å². The van der Waals surface area contributed by atoms with Gasteiger partial charge in [-0.05, 0) is 31.0 Å². The molecule has 110 valence electrons. The lowest BCUT2D eigenvalue weighted by Crippen LogP contribution is -2.26. The van der Waals surface area contributed by atoms with E-state index in [0.717, 1.165) is 12.1 Å². The maximum absolute atomic E-state index is 12.2. The Morgan fingerprint density at radius 1 is 1.29 bits per heavy atom. The molecule has 21 heavy (non-hydrogen) atoms. The van der Waals surface area contributed by atoms with Gasteiger partial charge in [0.05, 0.1) is 12.2 Å². The fraction of sp³-hybridized carbons (Fsp3) is 0.294. The fourth-order valence-corrected chi connectivity index (χ4v) is 2.36. The van der Waals surface area contributed by atoms with Crippen LogP contribution in [0.15, 0.2) is 42.6 Å². The Morgan fingerprint density at radius 2 is 2.10 bits per heavy atom. The fourth-order valence-electron chi connectivity index (χ4n) is 2.18. The third-order valence-electron chi connectivity index (χ3n) is 3.31. The van der Waals surface area contributed by atoms with Crippen molar-refractivity contribution < 1.29 is 4.79 Å². The van der Waals surface area contributed by atoms with Crippen LogP contribution in [-0.4, -0.2) is 22.8 Å². The molecule has 0 aliphatic carbocycles. The summed E-state index contributed by atoms with van der Waals surface area (Å²) in [4.78, 5) is 18.1. The van der Waals surface area contributed by atoms with Gasteiger partial charge in [0, 0.05) is 24.7 Å². The maximum Gasteiger partial charge on any atom is 0.222 e. The number of nitrogens with zero attached hydrogens (tertiary/aromatic N) is 2. The van der Waals surface area contributed by atoms with Gasteiger partial charge >= 0.3 is 0 Å². The van der Waals surface area contributed by atoms with Crippen LogP contribution in [0.2, 0.25) is 5.02 Å². The van der Waals surface area contributed by atoms with E-state index < -0.39 is 0 Å². The first kappa shape index (κ1) is 15.5. The minimum Gasteiger partial charge on any atom is -0.340 e. The van der Waals surface area contributed by atoms with Crippen LogP contribution in [0.25, 0.3) is 0 Å². The largest absolute Gasteiger partial charge is 0.340 e. The quantitative estimate of drug-likeness (QED) is 0.845. The molecular weight excluding hydrogens is 284 g/mol. The molecule has 1 heterocycles. The summed E-state index contributed by atoms with van der Waals surface area (Å²) in [6, 6.07) is 11.8. The first-order valence-corrected chi connectivity index (χ1v) is 7.32. The van der Waals surface area contributed by atoms with Crippen molar-refractivity contribution in [3.05, 3.63) is 64.4 Å². The van der Waals surface area contributed by atoms with Gasteiger partial charge in [-0.25, -0.2) is 0 Å². The number of hydrogen-bond acceptors (Lipinski definition) is 2. The lowest BCUT2D eigenvalue weighted by atomic mass is 10.1. The van der Waals surface area contributed by atoms with E-state index >= 15 is 0 Å². The molecule has 1 amide bonds. The lowest BCUT2D eigenvalue weighted by molar-refractivity contribution is -0.130. The van der Waals surface area contributed by atoms with Crippen molar-refractivity contribution in [1.29, 1.82) is 0 Å². The summed E-state index contributed by atoms with van der Waals surface area (Å²) in [5.74, 6) is 0.110. The van der Waals surface area contributed by atoms with Crippen LogP contribution in [0.5, 0.6) is 0 Å². The summed E-state index contributed by atoms with van der Waals surface area (Å²) in [7, 11) is 1.79. The number of carbonyl (C=O) groups excluding carboxylic acids is 1. The molecule has 0 N–H and O–H groups in total. The van der Waals surface area contributed by atoms with Crippen LogP contribution in [-0.2, 0) is 17.8 Å². The van der Waals surface area contributed by atoms with Gasteiger partial charge < -0.3 is 4.90 Å². The highest BCUT2D eigenvalue weighted by atomic mass is 35.5. The molecule has 0 aliphatic heterocycles. The smallest absolute Gasteiger partial charge is 0.222 e. The van der Waals surface area contributed by atoms with Gasteiger partial charge in [0.1, 0.15) is 0 Å². The summed E-state index contributed by atoms with van der Waals surface area (Å²) in [6.07, 6.45) is 2.91. The number of aromatic nitrogens is 1. The molecule has 1 aromatic carbocycles. The van der Waals surface area contributed by atoms with Crippen molar-refractivity contribution in [2.45, 2.75) is 26.3 Å². The number of aryl methyl sites for hydroxylation is 2. The molecule has 0 bridgehead atoms. The first-order valence-electron chi connectivity index (χ1n) is 6.94. The highest BCUT2D eigenvalue weighted by molar-refractivity contribution is 6.30. The van der Waals surface area contributed by atoms with Crippen LogP contribution in [0, 0.1) is 6.92 Å². The van der Waals surface area contributed by atoms with E-state index in [9.17, 15) is 4.79 Å². The summed E-state index contributed by atoms with van der Waals surface area (Å²) < 4.78 is 0. The molecule has 0 saturated carbocycles. The maximum atomic E-state index is 12.2. The number of hydrogen-bond donors (Lipinski definition) is 0. The van der Waals surface area contributed by atoms with Gasteiger partial charge in [-0.1, -0.05) is 41.4 Å². The van der Waals surface area contributed by atoms with Crippen molar-refractivity contribution >= 4 is 17.5 Å². The standard InChI is InChI=1S/C17H19ClN2O/c1-13-4-3-5-14(10-13)6-7-17(21)20(2)12-16-11-15(18)8-9-19-16/h3-5,8-11H,6-7,12H2,1-2H3. The number of carbonyl (C=O) groups is 1. The molecule has 2 rings (SSSR count). The zero-order valence-electron chi connectivity index (χ0n) is 12.3. The Morgan fingerprint density at radius 3 is 2.81 bits per heavy atom. The monoisotopic (exact) mass is 302 g/mol. The van der Waals surface area contributed by atoms with Crippen molar-refractivity contribution in [1.82, 2.24) is 9.88 Å². The summed E-state index contributed by atoms with van der Waals surface area (Å²) >= 11 is 5.92. The van der Waals surface area contributed by atoms with Crippen molar-refractivity contribution in [2.75, 3.05) is 7.05 Å². The predicted molar refractivity (Wildman–Crippen MR) is 85.2 cm³/mol. The van der Waals surface area contributed by atoms with E-state index in [1.165, 1.54) is 11.1 Å². The molecule has 0 atom stereocenters. The van der Waals surface area contributed by atoms with Gasteiger partial charge in [-0.15, -0.1) is 0 Å². The second kappa shape index (κ2) is 7.23. The third kappa shape index (κ3) is 4.87. The van der Waals surface area contributed by atoms with Crippen LogP contribution in [0.1, 0.15) is 23.2 Å². The highest BCUT2D eigenvalue weighted by Gasteiger charge is 2.10. The molecule has 4 heteroatoms.